The van der Waals surface area contributed by atoms with Gasteiger partial charge in [0, 0.05) is 6.04 Å². The lowest BCUT2D eigenvalue weighted by Crippen LogP contribution is -2.12. The molecule has 0 amide bonds. The highest BCUT2D eigenvalue weighted by atomic mass is 16.4. The number of rotatable bonds is 3. The second-order valence-corrected chi connectivity index (χ2v) is 5.61. The van der Waals surface area contributed by atoms with Gasteiger partial charge in [0.05, 0.1) is 12.4 Å². The largest absolute Gasteiger partial charge is 0.476 e. The van der Waals surface area contributed by atoms with Gasteiger partial charge in [-0.15, -0.1) is 0 Å². The van der Waals surface area contributed by atoms with Crippen LogP contribution in [-0.4, -0.2) is 27.1 Å². The number of carboxylic acid groups (broad SMARTS) is 1. The summed E-state index contributed by atoms with van der Waals surface area (Å²) in [4.78, 5) is 18.5. The Morgan fingerprint density at radius 1 is 1.24 bits per heavy atom. The van der Waals surface area contributed by atoms with Gasteiger partial charge in [-0.1, -0.05) is 27.7 Å². The Balaban J connectivity index is 2.09. The van der Waals surface area contributed by atoms with Gasteiger partial charge in [-0.2, -0.15) is 0 Å². The molecular formula is C12H17N3O2. The minimum Gasteiger partial charge on any atom is -0.476 e. The Bertz CT molecular complexity index is 437. The average molecular weight is 235 g/mol. The Morgan fingerprint density at radius 2 is 1.82 bits per heavy atom. The number of carbonyl (C=O) groups is 1. The van der Waals surface area contributed by atoms with Crippen LogP contribution in [0.3, 0.4) is 0 Å². The summed E-state index contributed by atoms with van der Waals surface area (Å²) >= 11 is 0. The van der Waals surface area contributed by atoms with E-state index in [4.69, 9.17) is 5.11 Å². The Morgan fingerprint density at radius 3 is 2.18 bits per heavy atom. The second-order valence-electron chi connectivity index (χ2n) is 5.61. The summed E-state index contributed by atoms with van der Waals surface area (Å²) in [6, 6.07) is 0.333. The van der Waals surface area contributed by atoms with Crippen molar-refractivity contribution in [3.05, 3.63) is 18.1 Å². The van der Waals surface area contributed by atoms with Crippen molar-refractivity contribution >= 4 is 11.8 Å². The molecule has 1 aromatic rings. The maximum absolute atomic E-state index is 10.6. The van der Waals surface area contributed by atoms with E-state index in [9.17, 15) is 4.79 Å². The maximum atomic E-state index is 10.6. The molecule has 92 valence electrons. The highest BCUT2D eigenvalue weighted by molar-refractivity contribution is 5.84. The second kappa shape index (κ2) is 3.42. The van der Waals surface area contributed by atoms with Crippen LogP contribution in [0.15, 0.2) is 12.4 Å². The van der Waals surface area contributed by atoms with E-state index in [-0.39, 0.29) is 16.5 Å². The molecule has 0 aliphatic heterocycles. The number of hydrogen-bond donors (Lipinski definition) is 2. The Kier molecular flexibility index (Phi) is 2.38. The monoisotopic (exact) mass is 235 g/mol. The fourth-order valence-electron chi connectivity index (χ4n) is 2.22. The quantitative estimate of drug-likeness (QED) is 0.838. The average Bonchev–Trinajstić information content (AvgIpc) is 2.62. The molecule has 1 aliphatic carbocycles. The van der Waals surface area contributed by atoms with Crippen molar-refractivity contribution in [1.29, 1.82) is 0 Å². The third-order valence-corrected chi connectivity index (χ3v) is 4.18. The summed E-state index contributed by atoms with van der Waals surface area (Å²) in [6.07, 6.45) is 2.74. The normalized spacial score (nSPS) is 20.9. The van der Waals surface area contributed by atoms with Gasteiger partial charge in [0.1, 0.15) is 5.82 Å². The molecule has 0 bridgehead atoms. The van der Waals surface area contributed by atoms with Crippen molar-refractivity contribution in [1.82, 2.24) is 9.97 Å². The zero-order chi connectivity index (χ0) is 12.8. The molecule has 1 heterocycles. The molecule has 2 rings (SSSR count). The zero-order valence-corrected chi connectivity index (χ0v) is 10.5. The molecule has 5 nitrogen and oxygen atoms in total. The first kappa shape index (κ1) is 11.8. The SMILES string of the molecule is CC1(C)C(Nc2cnc(C(=O)O)cn2)C1(C)C. The van der Waals surface area contributed by atoms with Gasteiger partial charge in [-0.25, -0.2) is 14.8 Å². The van der Waals surface area contributed by atoms with E-state index in [1.165, 1.54) is 12.4 Å². The number of nitrogens with one attached hydrogen (secondary N) is 1. The lowest BCUT2D eigenvalue weighted by atomic mass is 10.0. The highest BCUT2D eigenvalue weighted by Crippen LogP contribution is 2.63. The summed E-state index contributed by atoms with van der Waals surface area (Å²) in [5, 5.41) is 12.0. The highest BCUT2D eigenvalue weighted by Gasteiger charge is 2.65. The lowest BCUT2D eigenvalue weighted by molar-refractivity contribution is 0.0690. The van der Waals surface area contributed by atoms with E-state index in [0.717, 1.165) is 0 Å². The minimum absolute atomic E-state index is 0.0372. The van der Waals surface area contributed by atoms with Crippen LogP contribution in [0.4, 0.5) is 5.82 Å². The van der Waals surface area contributed by atoms with Crippen molar-refractivity contribution in [2.75, 3.05) is 5.32 Å². The smallest absolute Gasteiger partial charge is 0.356 e. The molecule has 0 atom stereocenters. The van der Waals surface area contributed by atoms with Gasteiger partial charge in [-0.3, -0.25) is 0 Å². The lowest BCUT2D eigenvalue weighted by Gasteiger charge is -2.06. The number of anilines is 1. The molecular weight excluding hydrogens is 218 g/mol. The summed E-state index contributed by atoms with van der Waals surface area (Å²) in [7, 11) is 0. The van der Waals surface area contributed by atoms with Crippen LogP contribution in [0.25, 0.3) is 0 Å². The van der Waals surface area contributed by atoms with E-state index in [0.29, 0.717) is 11.9 Å². The summed E-state index contributed by atoms with van der Waals surface area (Å²) in [6.45, 7) is 8.79. The molecule has 1 aromatic heterocycles. The van der Waals surface area contributed by atoms with Crippen molar-refractivity contribution in [3.63, 3.8) is 0 Å². The summed E-state index contributed by atoms with van der Waals surface area (Å²) in [5.74, 6) is -0.435. The van der Waals surface area contributed by atoms with Crippen LogP contribution < -0.4 is 5.32 Å². The molecule has 17 heavy (non-hydrogen) atoms. The van der Waals surface area contributed by atoms with Crippen molar-refractivity contribution in [2.45, 2.75) is 33.7 Å². The third kappa shape index (κ3) is 1.75. The fourth-order valence-corrected chi connectivity index (χ4v) is 2.22. The molecule has 0 aromatic carbocycles. The molecule has 0 saturated heterocycles. The molecule has 2 N–H and O–H groups in total. The minimum atomic E-state index is -1.06. The molecule has 0 unspecified atom stereocenters. The first-order valence-electron chi connectivity index (χ1n) is 5.58. The molecule has 0 spiro atoms. The fraction of sp³-hybridized carbons (Fsp3) is 0.583. The van der Waals surface area contributed by atoms with E-state index in [1.54, 1.807) is 0 Å². The van der Waals surface area contributed by atoms with Gasteiger partial charge in [0.2, 0.25) is 0 Å². The molecule has 1 saturated carbocycles. The van der Waals surface area contributed by atoms with Crippen molar-refractivity contribution < 1.29 is 9.90 Å². The van der Waals surface area contributed by atoms with E-state index in [1.807, 2.05) is 0 Å². The molecule has 0 radical (unpaired) electrons. The van der Waals surface area contributed by atoms with Crippen LogP contribution >= 0.6 is 0 Å². The van der Waals surface area contributed by atoms with E-state index < -0.39 is 5.97 Å². The first-order valence-corrected chi connectivity index (χ1v) is 5.58. The van der Waals surface area contributed by atoms with Crippen LogP contribution in [0.1, 0.15) is 38.2 Å². The van der Waals surface area contributed by atoms with Crippen molar-refractivity contribution in [2.24, 2.45) is 10.8 Å². The van der Waals surface area contributed by atoms with Crippen LogP contribution in [0.5, 0.6) is 0 Å². The predicted octanol–water partition coefficient (Wildman–Crippen LogP) is 2.02. The number of nitrogens with zero attached hydrogens (tertiary/aromatic N) is 2. The number of carboxylic acids is 1. The third-order valence-electron chi connectivity index (χ3n) is 4.18. The van der Waals surface area contributed by atoms with Gasteiger partial charge in [-0.05, 0) is 10.8 Å². The number of hydrogen-bond acceptors (Lipinski definition) is 4. The van der Waals surface area contributed by atoms with Crippen LogP contribution in [-0.2, 0) is 0 Å². The number of aromatic carboxylic acids is 1. The van der Waals surface area contributed by atoms with E-state index in [2.05, 4.69) is 43.0 Å². The van der Waals surface area contributed by atoms with E-state index >= 15 is 0 Å². The summed E-state index contributed by atoms with van der Waals surface area (Å²) in [5.41, 5.74) is 0.380. The standard InChI is InChI=1S/C12H17N3O2/c1-11(2)10(12(11,3)4)15-8-6-13-7(5-14-8)9(16)17/h5-6,10H,1-4H3,(H,14,15)(H,16,17). The summed E-state index contributed by atoms with van der Waals surface area (Å²) < 4.78 is 0. The molecule has 1 aliphatic rings. The predicted molar refractivity (Wildman–Crippen MR) is 64.0 cm³/mol. The number of aromatic nitrogens is 2. The Hall–Kier alpha value is -1.65. The van der Waals surface area contributed by atoms with Gasteiger partial charge in [0.25, 0.3) is 0 Å². The van der Waals surface area contributed by atoms with Crippen LogP contribution in [0.2, 0.25) is 0 Å². The maximum Gasteiger partial charge on any atom is 0.356 e. The molecule has 1 fully saturated rings. The van der Waals surface area contributed by atoms with Crippen molar-refractivity contribution in [3.8, 4) is 0 Å². The molecule has 5 heteroatoms. The van der Waals surface area contributed by atoms with Gasteiger partial charge >= 0.3 is 5.97 Å². The zero-order valence-electron chi connectivity index (χ0n) is 10.5. The van der Waals surface area contributed by atoms with Crippen LogP contribution in [0, 0.1) is 10.8 Å². The van der Waals surface area contributed by atoms with Gasteiger partial charge < -0.3 is 10.4 Å². The Labute approximate surface area is 100 Å². The topological polar surface area (TPSA) is 75.1 Å². The first-order chi connectivity index (χ1) is 7.76. The van der Waals surface area contributed by atoms with Gasteiger partial charge in [0.15, 0.2) is 5.69 Å².